The number of rotatable bonds is 6. The number of nitrogens with zero attached hydrogens (tertiary/aromatic N) is 4. The highest BCUT2D eigenvalue weighted by atomic mass is 16.5. The molecule has 1 aliphatic rings. The fraction of sp³-hybridized carbons (Fsp3) is 0.320. The van der Waals surface area contributed by atoms with Crippen LogP contribution in [0.3, 0.4) is 0 Å². The van der Waals surface area contributed by atoms with Gasteiger partial charge in [0.25, 0.3) is 5.91 Å². The normalized spacial score (nSPS) is 13.6. The topological polar surface area (TPSA) is 77.0 Å². The minimum absolute atomic E-state index is 0.0471. The maximum absolute atomic E-state index is 13.1. The number of hydrogen-bond acceptors (Lipinski definition) is 7. The largest absolute Gasteiger partial charge is 0.497 e. The number of piperazine rings is 1. The molecule has 0 atom stereocenters. The summed E-state index contributed by atoms with van der Waals surface area (Å²) in [6.45, 7) is 6.36. The predicted molar refractivity (Wildman–Crippen MR) is 126 cm³/mol. The van der Waals surface area contributed by atoms with E-state index in [1.807, 2.05) is 49.1 Å². The first-order valence-electron chi connectivity index (χ1n) is 10.8. The third-order valence-electron chi connectivity index (χ3n) is 5.53. The van der Waals surface area contributed by atoms with E-state index in [0.717, 1.165) is 11.6 Å². The van der Waals surface area contributed by atoms with E-state index in [4.69, 9.17) is 14.2 Å². The molecule has 1 fully saturated rings. The molecule has 0 aliphatic carbocycles. The van der Waals surface area contributed by atoms with Crippen LogP contribution >= 0.6 is 0 Å². The first-order chi connectivity index (χ1) is 15.9. The third kappa shape index (κ3) is 5.34. The Labute approximate surface area is 193 Å². The Kier molecular flexibility index (Phi) is 6.63. The molecule has 8 heteroatoms. The summed E-state index contributed by atoms with van der Waals surface area (Å²) < 4.78 is 16.5. The van der Waals surface area contributed by atoms with E-state index in [2.05, 4.69) is 14.9 Å². The van der Waals surface area contributed by atoms with Crippen molar-refractivity contribution in [3.05, 3.63) is 65.5 Å². The second-order valence-electron chi connectivity index (χ2n) is 7.91. The monoisotopic (exact) mass is 448 g/mol. The van der Waals surface area contributed by atoms with Gasteiger partial charge in [0, 0.05) is 43.9 Å². The minimum atomic E-state index is -0.0471. The Morgan fingerprint density at radius 1 is 0.818 bits per heavy atom. The minimum Gasteiger partial charge on any atom is -0.497 e. The van der Waals surface area contributed by atoms with Crippen molar-refractivity contribution in [3.63, 3.8) is 0 Å². The SMILES string of the molecule is COc1cc(OC)cc(C(=O)N2CCN(c3cc(Oc4ccc(C)cc4)nc(C)n3)CC2)c1. The average molecular weight is 449 g/mol. The van der Waals surface area contributed by atoms with Crippen LogP contribution in [0.4, 0.5) is 5.82 Å². The summed E-state index contributed by atoms with van der Waals surface area (Å²) in [4.78, 5) is 26.0. The second-order valence-corrected chi connectivity index (χ2v) is 7.91. The third-order valence-corrected chi connectivity index (χ3v) is 5.53. The molecule has 3 aromatic rings. The summed E-state index contributed by atoms with van der Waals surface area (Å²) in [7, 11) is 3.14. The van der Waals surface area contributed by atoms with Crippen molar-refractivity contribution in [1.29, 1.82) is 0 Å². The van der Waals surface area contributed by atoms with Gasteiger partial charge in [-0.2, -0.15) is 4.98 Å². The number of aromatic nitrogens is 2. The van der Waals surface area contributed by atoms with Crippen molar-refractivity contribution in [1.82, 2.24) is 14.9 Å². The molecule has 1 aromatic heterocycles. The van der Waals surface area contributed by atoms with Crippen LogP contribution < -0.4 is 19.1 Å². The molecule has 0 bridgehead atoms. The molecule has 2 aromatic carbocycles. The highest BCUT2D eigenvalue weighted by molar-refractivity contribution is 5.95. The van der Waals surface area contributed by atoms with Crippen molar-refractivity contribution in [2.24, 2.45) is 0 Å². The lowest BCUT2D eigenvalue weighted by Gasteiger charge is -2.35. The fourth-order valence-electron chi connectivity index (χ4n) is 3.72. The van der Waals surface area contributed by atoms with Crippen LogP contribution in [-0.4, -0.2) is 61.2 Å². The van der Waals surface area contributed by atoms with Gasteiger partial charge in [-0.25, -0.2) is 4.98 Å². The van der Waals surface area contributed by atoms with Crippen molar-refractivity contribution in [2.45, 2.75) is 13.8 Å². The molecule has 0 N–H and O–H groups in total. The van der Waals surface area contributed by atoms with Gasteiger partial charge < -0.3 is 24.0 Å². The van der Waals surface area contributed by atoms with Gasteiger partial charge in [0.05, 0.1) is 14.2 Å². The number of anilines is 1. The van der Waals surface area contributed by atoms with Crippen LogP contribution in [0.25, 0.3) is 0 Å². The standard InChI is InChI=1S/C25H28N4O4/c1-17-5-7-20(8-6-17)33-24-16-23(26-18(2)27-24)28-9-11-29(12-10-28)25(30)19-13-21(31-3)15-22(14-19)32-4/h5-8,13-16H,9-12H2,1-4H3. The molecule has 0 unspecified atom stereocenters. The van der Waals surface area contributed by atoms with Crippen LogP contribution in [0.2, 0.25) is 0 Å². The molecule has 4 rings (SSSR count). The van der Waals surface area contributed by atoms with Gasteiger partial charge >= 0.3 is 0 Å². The summed E-state index contributed by atoms with van der Waals surface area (Å²) in [5, 5.41) is 0. The van der Waals surface area contributed by atoms with E-state index >= 15 is 0 Å². The Balaban J connectivity index is 1.44. The first-order valence-corrected chi connectivity index (χ1v) is 10.8. The molecule has 1 amide bonds. The van der Waals surface area contributed by atoms with Gasteiger partial charge in [-0.3, -0.25) is 4.79 Å². The highest BCUT2D eigenvalue weighted by Gasteiger charge is 2.24. The number of aryl methyl sites for hydroxylation is 2. The molecular formula is C25H28N4O4. The molecule has 0 radical (unpaired) electrons. The van der Waals surface area contributed by atoms with E-state index in [9.17, 15) is 4.79 Å². The maximum Gasteiger partial charge on any atom is 0.254 e. The lowest BCUT2D eigenvalue weighted by atomic mass is 10.1. The highest BCUT2D eigenvalue weighted by Crippen LogP contribution is 2.26. The van der Waals surface area contributed by atoms with Crippen LogP contribution in [0, 0.1) is 13.8 Å². The summed E-state index contributed by atoms with van der Waals surface area (Å²) >= 11 is 0. The zero-order chi connectivity index (χ0) is 23.4. The molecule has 1 saturated heterocycles. The number of benzene rings is 2. The van der Waals surface area contributed by atoms with Crippen molar-refractivity contribution in [2.75, 3.05) is 45.3 Å². The Hall–Kier alpha value is -3.81. The van der Waals surface area contributed by atoms with Gasteiger partial charge in [-0.1, -0.05) is 17.7 Å². The lowest BCUT2D eigenvalue weighted by Crippen LogP contribution is -2.49. The quantitative estimate of drug-likeness (QED) is 0.567. The smallest absolute Gasteiger partial charge is 0.254 e. The van der Waals surface area contributed by atoms with Crippen molar-refractivity contribution < 1.29 is 19.0 Å². The van der Waals surface area contributed by atoms with Gasteiger partial charge in [0.1, 0.15) is 28.9 Å². The molecule has 172 valence electrons. The zero-order valence-corrected chi connectivity index (χ0v) is 19.4. The Morgan fingerprint density at radius 2 is 1.45 bits per heavy atom. The first kappa shape index (κ1) is 22.4. The van der Waals surface area contributed by atoms with E-state index < -0.39 is 0 Å². The Bertz CT molecular complexity index is 1100. The molecule has 1 aliphatic heterocycles. The zero-order valence-electron chi connectivity index (χ0n) is 19.4. The van der Waals surface area contributed by atoms with E-state index in [-0.39, 0.29) is 5.91 Å². The molecular weight excluding hydrogens is 420 g/mol. The summed E-state index contributed by atoms with van der Waals surface area (Å²) in [5.74, 6) is 3.80. The van der Waals surface area contributed by atoms with E-state index in [1.165, 1.54) is 5.56 Å². The van der Waals surface area contributed by atoms with Crippen LogP contribution in [0.5, 0.6) is 23.1 Å². The molecule has 8 nitrogen and oxygen atoms in total. The summed E-state index contributed by atoms with van der Waals surface area (Å²) in [6, 6.07) is 14.9. The molecule has 0 saturated carbocycles. The van der Waals surface area contributed by atoms with Crippen molar-refractivity contribution >= 4 is 11.7 Å². The van der Waals surface area contributed by atoms with Gasteiger partial charge in [0.15, 0.2) is 0 Å². The summed E-state index contributed by atoms with van der Waals surface area (Å²) in [6.07, 6.45) is 0. The number of carbonyl (C=O) groups is 1. The van der Waals surface area contributed by atoms with Crippen LogP contribution in [0.1, 0.15) is 21.7 Å². The van der Waals surface area contributed by atoms with Crippen LogP contribution in [-0.2, 0) is 0 Å². The van der Waals surface area contributed by atoms with Crippen molar-refractivity contribution in [3.8, 4) is 23.1 Å². The van der Waals surface area contributed by atoms with Gasteiger partial charge in [-0.05, 0) is 38.1 Å². The molecule has 0 spiro atoms. The van der Waals surface area contributed by atoms with E-state index in [1.54, 1.807) is 32.4 Å². The van der Waals surface area contributed by atoms with Crippen LogP contribution in [0.15, 0.2) is 48.5 Å². The predicted octanol–water partition coefficient (Wildman–Crippen LogP) is 3.87. The maximum atomic E-state index is 13.1. The van der Waals surface area contributed by atoms with Gasteiger partial charge in [0.2, 0.25) is 5.88 Å². The second kappa shape index (κ2) is 9.77. The number of carbonyl (C=O) groups excluding carboxylic acids is 1. The number of amides is 1. The van der Waals surface area contributed by atoms with E-state index in [0.29, 0.717) is 54.9 Å². The fourth-order valence-corrected chi connectivity index (χ4v) is 3.72. The lowest BCUT2D eigenvalue weighted by molar-refractivity contribution is 0.0745. The number of methoxy groups -OCH3 is 2. The number of ether oxygens (including phenoxy) is 3. The molecule has 33 heavy (non-hydrogen) atoms. The average Bonchev–Trinajstić information content (AvgIpc) is 2.84. The number of hydrogen-bond donors (Lipinski definition) is 0. The van der Waals surface area contributed by atoms with Gasteiger partial charge in [-0.15, -0.1) is 0 Å². The molecule has 2 heterocycles. The Morgan fingerprint density at radius 3 is 2.06 bits per heavy atom. The summed E-state index contributed by atoms with van der Waals surface area (Å²) in [5.41, 5.74) is 1.72.